The Labute approximate surface area is 166 Å². The molecule has 0 heterocycles. The Bertz CT molecular complexity index is 730. The molecule has 0 aromatic heterocycles. The van der Waals surface area contributed by atoms with Crippen LogP contribution in [0.3, 0.4) is 0 Å². The second kappa shape index (κ2) is 10.6. The minimum absolute atomic E-state index is 0. The van der Waals surface area contributed by atoms with Crippen molar-refractivity contribution in [2.24, 2.45) is 0 Å². The van der Waals surface area contributed by atoms with Crippen molar-refractivity contribution in [2.75, 3.05) is 0 Å². The molecule has 7 nitrogen and oxygen atoms in total. The van der Waals surface area contributed by atoms with Gasteiger partial charge in [0, 0.05) is 5.56 Å². The van der Waals surface area contributed by atoms with Gasteiger partial charge in [0.25, 0.3) is 0 Å². The first-order valence-electron chi connectivity index (χ1n) is 7.07. The molecule has 0 atom stereocenters. The SMILES string of the molecule is CCCc1c(C(=O)O)cc(O)c(O)c1O.O=C(O)c1ccccc1.[NaH]. The van der Waals surface area contributed by atoms with Crippen LogP contribution in [0.2, 0.25) is 0 Å². The van der Waals surface area contributed by atoms with Gasteiger partial charge in [0.2, 0.25) is 5.75 Å². The summed E-state index contributed by atoms with van der Waals surface area (Å²) >= 11 is 0. The van der Waals surface area contributed by atoms with E-state index in [0.29, 0.717) is 18.4 Å². The summed E-state index contributed by atoms with van der Waals surface area (Å²) in [5, 5.41) is 45.1. The van der Waals surface area contributed by atoms with Gasteiger partial charge in [-0.3, -0.25) is 0 Å². The van der Waals surface area contributed by atoms with Gasteiger partial charge in [-0.25, -0.2) is 9.59 Å². The van der Waals surface area contributed by atoms with Gasteiger partial charge >= 0.3 is 41.5 Å². The Morgan fingerprint density at radius 1 is 0.920 bits per heavy atom. The van der Waals surface area contributed by atoms with Gasteiger partial charge in [0.15, 0.2) is 11.5 Å². The van der Waals surface area contributed by atoms with E-state index in [0.717, 1.165) is 6.07 Å². The summed E-state index contributed by atoms with van der Waals surface area (Å²) in [7, 11) is 0. The van der Waals surface area contributed by atoms with Gasteiger partial charge < -0.3 is 25.5 Å². The molecule has 0 aliphatic heterocycles. The van der Waals surface area contributed by atoms with E-state index in [1.54, 1.807) is 30.3 Å². The van der Waals surface area contributed by atoms with Crippen LogP contribution >= 0.6 is 0 Å². The van der Waals surface area contributed by atoms with Crippen LogP contribution in [0.15, 0.2) is 36.4 Å². The molecule has 2 aromatic carbocycles. The molecule has 0 bridgehead atoms. The van der Waals surface area contributed by atoms with Gasteiger partial charge in [-0.05, 0) is 24.6 Å². The molecule has 0 unspecified atom stereocenters. The van der Waals surface area contributed by atoms with Gasteiger partial charge in [-0.1, -0.05) is 31.5 Å². The van der Waals surface area contributed by atoms with Gasteiger partial charge in [0.05, 0.1) is 11.1 Å². The van der Waals surface area contributed by atoms with E-state index in [1.807, 2.05) is 6.92 Å². The maximum atomic E-state index is 10.8. The maximum absolute atomic E-state index is 10.8. The number of phenols is 3. The Kier molecular flexibility index (Phi) is 9.66. The zero-order valence-electron chi connectivity index (χ0n) is 12.9. The number of hydrogen-bond acceptors (Lipinski definition) is 5. The number of carbonyl (C=O) groups is 2. The van der Waals surface area contributed by atoms with Crippen LogP contribution in [0.25, 0.3) is 0 Å². The zero-order chi connectivity index (χ0) is 18.3. The van der Waals surface area contributed by atoms with Crippen molar-refractivity contribution in [3.05, 3.63) is 53.1 Å². The molecular weight excluding hydrogens is 339 g/mol. The van der Waals surface area contributed by atoms with Crippen molar-refractivity contribution < 1.29 is 35.1 Å². The Balaban J connectivity index is 0.000000495. The number of carboxylic acid groups (broad SMARTS) is 2. The van der Waals surface area contributed by atoms with E-state index in [9.17, 15) is 19.8 Å². The molecule has 0 fully saturated rings. The third-order valence-corrected chi connectivity index (χ3v) is 3.11. The molecule has 5 N–H and O–H groups in total. The molecule has 0 spiro atoms. The summed E-state index contributed by atoms with van der Waals surface area (Å²) in [6.45, 7) is 1.81. The average molecular weight is 358 g/mol. The third kappa shape index (κ3) is 6.30. The van der Waals surface area contributed by atoms with E-state index in [1.165, 1.54) is 0 Å². The molecular formula is C17H19NaO7. The van der Waals surface area contributed by atoms with Crippen LogP contribution in [0.1, 0.15) is 39.6 Å². The van der Waals surface area contributed by atoms with Crippen LogP contribution in [-0.2, 0) is 6.42 Å². The molecule has 0 aliphatic rings. The first-order valence-corrected chi connectivity index (χ1v) is 7.07. The molecule has 25 heavy (non-hydrogen) atoms. The summed E-state index contributed by atoms with van der Waals surface area (Å²) in [5.41, 5.74) is 0.280. The summed E-state index contributed by atoms with van der Waals surface area (Å²) in [6.07, 6.45) is 0.944. The van der Waals surface area contributed by atoms with E-state index < -0.39 is 29.2 Å². The molecule has 0 aliphatic carbocycles. The molecule has 130 valence electrons. The Morgan fingerprint density at radius 2 is 1.48 bits per heavy atom. The number of benzene rings is 2. The molecule has 8 heteroatoms. The fourth-order valence-electron chi connectivity index (χ4n) is 1.96. The predicted octanol–water partition coefficient (Wildman–Crippen LogP) is 2.19. The van der Waals surface area contributed by atoms with Crippen LogP contribution in [0, 0.1) is 0 Å². The van der Waals surface area contributed by atoms with Crippen molar-refractivity contribution in [3.8, 4) is 17.2 Å². The summed E-state index contributed by atoms with van der Waals surface area (Å²) in [5.74, 6) is -4.00. The van der Waals surface area contributed by atoms with Crippen LogP contribution < -0.4 is 0 Å². The number of hydrogen-bond donors (Lipinski definition) is 5. The van der Waals surface area contributed by atoms with Crippen molar-refractivity contribution in [1.82, 2.24) is 0 Å². The number of rotatable bonds is 4. The normalized spacial score (nSPS) is 9.32. The van der Waals surface area contributed by atoms with Gasteiger partial charge in [0.1, 0.15) is 0 Å². The topological polar surface area (TPSA) is 135 Å². The second-order valence-corrected chi connectivity index (χ2v) is 4.85. The molecule has 0 amide bonds. The van der Waals surface area contributed by atoms with E-state index in [2.05, 4.69) is 0 Å². The minimum atomic E-state index is -1.25. The van der Waals surface area contributed by atoms with E-state index in [-0.39, 0.29) is 40.7 Å². The second-order valence-electron chi connectivity index (χ2n) is 4.85. The third-order valence-electron chi connectivity index (χ3n) is 3.11. The Hall–Kier alpha value is -2.22. The first-order chi connectivity index (χ1) is 11.3. The van der Waals surface area contributed by atoms with Crippen molar-refractivity contribution in [2.45, 2.75) is 19.8 Å². The molecule has 0 saturated carbocycles. The zero-order valence-corrected chi connectivity index (χ0v) is 12.9. The van der Waals surface area contributed by atoms with Gasteiger partial charge in [-0.2, -0.15) is 0 Å². The molecule has 2 rings (SSSR count). The van der Waals surface area contributed by atoms with E-state index >= 15 is 0 Å². The van der Waals surface area contributed by atoms with Crippen molar-refractivity contribution in [3.63, 3.8) is 0 Å². The number of carboxylic acids is 2. The molecule has 0 saturated heterocycles. The summed E-state index contributed by atoms with van der Waals surface area (Å²) in [6, 6.07) is 9.23. The average Bonchev–Trinajstić information content (AvgIpc) is 2.56. The standard InChI is InChI=1S/C10H12O5.C7H6O2.Na.H/c1-2-3-5-6(10(14)15)4-7(11)9(13)8(5)12;8-7(9)6-4-2-1-3-5-6;;/h4,11-13H,2-3H2,1H3,(H,14,15);1-5H,(H,8,9);;. The first kappa shape index (κ1) is 22.8. The Morgan fingerprint density at radius 3 is 1.88 bits per heavy atom. The fraction of sp³-hybridized carbons (Fsp3) is 0.176. The van der Waals surface area contributed by atoms with Gasteiger partial charge in [-0.15, -0.1) is 0 Å². The molecule has 2 aromatic rings. The monoisotopic (exact) mass is 358 g/mol. The van der Waals surface area contributed by atoms with Crippen molar-refractivity contribution in [1.29, 1.82) is 0 Å². The van der Waals surface area contributed by atoms with Crippen LogP contribution in [-0.4, -0.2) is 67.0 Å². The predicted molar refractivity (Wildman–Crippen MR) is 92.9 cm³/mol. The number of phenolic OH excluding ortho intramolecular Hbond substituents is 3. The van der Waals surface area contributed by atoms with Crippen LogP contribution in [0.4, 0.5) is 0 Å². The number of aromatic carboxylic acids is 2. The van der Waals surface area contributed by atoms with E-state index in [4.69, 9.17) is 15.3 Å². The quantitative estimate of drug-likeness (QED) is 0.417. The molecule has 0 radical (unpaired) electrons. The number of aromatic hydroxyl groups is 3. The van der Waals surface area contributed by atoms with Crippen molar-refractivity contribution >= 4 is 41.5 Å². The summed E-state index contributed by atoms with van der Waals surface area (Å²) < 4.78 is 0. The summed E-state index contributed by atoms with van der Waals surface area (Å²) in [4.78, 5) is 21.0. The fourth-order valence-corrected chi connectivity index (χ4v) is 1.96. The van der Waals surface area contributed by atoms with Crippen LogP contribution in [0.5, 0.6) is 17.2 Å².